The van der Waals surface area contributed by atoms with E-state index in [0.29, 0.717) is 12.0 Å². The zero-order valence-corrected chi connectivity index (χ0v) is 35.2. The summed E-state index contributed by atoms with van der Waals surface area (Å²) in [4.78, 5) is 0. The molecule has 0 radical (unpaired) electrons. The Morgan fingerprint density at radius 1 is 0.587 bits per heavy atom. The second kappa shape index (κ2) is 14.5. The third-order valence-electron chi connectivity index (χ3n) is 13.2. The lowest BCUT2D eigenvalue weighted by Crippen LogP contribution is -2.69. The highest BCUT2D eigenvalue weighted by Gasteiger charge is 2.44. The van der Waals surface area contributed by atoms with Crippen molar-refractivity contribution in [2.45, 2.75) is 12.5 Å². The van der Waals surface area contributed by atoms with Crippen LogP contribution in [0.1, 0.15) is 28.8 Å². The SMILES string of the molecule is N#Cc1cccc([Si](C2=CC=CC(C#N)C2)(c2ccc(-n3c4c(c5ccccc53)C3=CC(C=C4)Oc4ccccc43)cc2)c2ccc(-n3c4ccccc4c4ccccc43)cc2)c1. The molecule has 0 spiro atoms. The summed E-state index contributed by atoms with van der Waals surface area (Å²) < 4.78 is 11.1. The van der Waals surface area contributed by atoms with E-state index in [2.05, 4.69) is 203 Å². The van der Waals surface area contributed by atoms with Gasteiger partial charge in [-0.05, 0) is 106 Å². The lowest BCUT2D eigenvalue weighted by Gasteiger charge is -2.38. The summed E-state index contributed by atoms with van der Waals surface area (Å²) in [5.74, 6) is 0.637. The number of rotatable bonds is 6. The summed E-state index contributed by atoms with van der Waals surface area (Å²) in [6, 6.07) is 65.6. The van der Waals surface area contributed by atoms with E-state index in [1.165, 1.54) is 42.9 Å². The van der Waals surface area contributed by atoms with Gasteiger partial charge in [-0.25, -0.2) is 0 Å². The van der Waals surface area contributed by atoms with Crippen LogP contribution in [0.4, 0.5) is 0 Å². The summed E-state index contributed by atoms with van der Waals surface area (Å²) in [6.07, 6.45) is 13.4. The number of nitrogens with zero attached hydrogens (tertiary/aromatic N) is 4. The predicted octanol–water partition coefficient (Wildman–Crippen LogP) is 10.9. The highest BCUT2D eigenvalue weighted by molar-refractivity contribution is 7.16. The van der Waals surface area contributed by atoms with Gasteiger partial charge in [-0.2, -0.15) is 10.5 Å². The molecular formula is C57H38N4OSi. The molecule has 296 valence electrons. The average molecular weight is 823 g/mol. The van der Waals surface area contributed by atoms with Gasteiger partial charge in [0.2, 0.25) is 0 Å². The van der Waals surface area contributed by atoms with Gasteiger partial charge in [0.15, 0.2) is 8.07 Å². The minimum absolute atomic E-state index is 0.163. The highest BCUT2D eigenvalue weighted by Crippen LogP contribution is 2.45. The van der Waals surface area contributed by atoms with Crippen LogP contribution in [0.2, 0.25) is 0 Å². The molecule has 0 saturated carbocycles. The van der Waals surface area contributed by atoms with Crippen LogP contribution in [0.25, 0.3) is 55.7 Å². The number of aromatic nitrogens is 2. The molecule has 1 aliphatic heterocycles. The Morgan fingerprint density at radius 3 is 1.89 bits per heavy atom. The van der Waals surface area contributed by atoms with Gasteiger partial charge in [0.05, 0.1) is 45.9 Å². The summed E-state index contributed by atoms with van der Waals surface area (Å²) in [7, 11) is -3.15. The van der Waals surface area contributed by atoms with Crippen molar-refractivity contribution in [1.82, 2.24) is 9.13 Å². The molecule has 0 fully saturated rings. The molecule has 63 heavy (non-hydrogen) atoms. The zero-order valence-electron chi connectivity index (χ0n) is 34.2. The number of allylic oxidation sites excluding steroid dienone is 4. The predicted molar refractivity (Wildman–Crippen MR) is 258 cm³/mol. The standard InChI is InChI=1S/C57H38N4OSi/c58-36-38-11-9-13-45(33-38)63(46-14-10-12-39(34-46)37-59,43-28-23-40(24-29-43)60-52-19-5-1-15-47(52)48-16-2-6-20-53(48)60)44-30-25-41(26-31-44)61-54-21-7-3-18-50(54)57-51-35-42(27-32-55(57)61)62-56-22-8-4-17-49(51)56/h1-33,35,39,42H,34H2. The molecule has 2 aliphatic carbocycles. The number of benzene rings is 7. The van der Waals surface area contributed by atoms with Crippen LogP contribution in [0, 0.1) is 28.6 Å². The number of hydrogen-bond acceptors (Lipinski definition) is 3. The van der Waals surface area contributed by atoms with Crippen molar-refractivity contribution in [2.75, 3.05) is 0 Å². The van der Waals surface area contributed by atoms with E-state index in [-0.39, 0.29) is 12.0 Å². The first-order valence-electron chi connectivity index (χ1n) is 21.4. The smallest absolute Gasteiger partial charge is 0.175 e. The Morgan fingerprint density at radius 2 is 1.21 bits per heavy atom. The van der Waals surface area contributed by atoms with Gasteiger partial charge in [-0.3, -0.25) is 0 Å². The quantitative estimate of drug-likeness (QED) is 0.124. The van der Waals surface area contributed by atoms with E-state index < -0.39 is 8.07 Å². The second-order valence-electron chi connectivity index (χ2n) is 16.6. The largest absolute Gasteiger partial charge is 0.482 e. The van der Waals surface area contributed by atoms with Crippen molar-refractivity contribution in [1.29, 1.82) is 10.5 Å². The first-order chi connectivity index (χ1) is 31.1. The lowest BCUT2D eigenvalue weighted by molar-refractivity contribution is 0.292. The fraction of sp³-hybridized carbons (Fsp3) is 0.0526. The molecule has 12 rings (SSSR count). The monoisotopic (exact) mass is 822 g/mol. The Balaban J connectivity index is 1.07. The molecular weight excluding hydrogens is 785 g/mol. The zero-order chi connectivity index (χ0) is 42.1. The van der Waals surface area contributed by atoms with Crippen LogP contribution in [-0.4, -0.2) is 23.3 Å². The van der Waals surface area contributed by atoms with Gasteiger partial charge in [0, 0.05) is 38.7 Å². The van der Waals surface area contributed by atoms with Crippen molar-refractivity contribution in [2.24, 2.45) is 5.92 Å². The average Bonchev–Trinajstić information content (AvgIpc) is 3.81. The van der Waals surface area contributed by atoms with Crippen molar-refractivity contribution in [3.63, 3.8) is 0 Å². The van der Waals surface area contributed by atoms with Gasteiger partial charge in [-0.15, -0.1) is 0 Å². The van der Waals surface area contributed by atoms with Gasteiger partial charge in [0.1, 0.15) is 11.9 Å². The van der Waals surface area contributed by atoms with Gasteiger partial charge in [-0.1, -0.05) is 133 Å². The second-order valence-corrected chi connectivity index (χ2v) is 20.4. The van der Waals surface area contributed by atoms with Crippen LogP contribution in [0.15, 0.2) is 205 Å². The molecule has 2 bridgehead atoms. The Labute approximate surface area is 366 Å². The highest BCUT2D eigenvalue weighted by atomic mass is 28.3. The Hall–Kier alpha value is -8.16. The summed E-state index contributed by atoms with van der Waals surface area (Å²) in [6.45, 7) is 0. The maximum absolute atomic E-state index is 10.4. The van der Waals surface area contributed by atoms with Crippen molar-refractivity contribution in [3.05, 3.63) is 228 Å². The van der Waals surface area contributed by atoms with Gasteiger partial charge in [0.25, 0.3) is 0 Å². The number of ether oxygens (including phenoxy) is 1. The topological polar surface area (TPSA) is 66.7 Å². The van der Waals surface area contributed by atoms with E-state index in [0.717, 1.165) is 50.1 Å². The number of nitriles is 2. The molecule has 3 unspecified atom stereocenters. The Kier molecular flexibility index (Phi) is 8.44. The third-order valence-corrected chi connectivity index (χ3v) is 18.2. The van der Waals surface area contributed by atoms with E-state index in [9.17, 15) is 10.5 Å². The maximum Gasteiger partial charge on any atom is 0.175 e. The summed E-state index contributed by atoms with van der Waals surface area (Å²) in [5.41, 5.74) is 10.8. The van der Waals surface area contributed by atoms with Crippen LogP contribution in [0.3, 0.4) is 0 Å². The number of para-hydroxylation sites is 4. The van der Waals surface area contributed by atoms with Crippen molar-refractivity contribution in [3.8, 4) is 29.3 Å². The van der Waals surface area contributed by atoms with Crippen LogP contribution in [-0.2, 0) is 0 Å². The normalized spacial score (nSPS) is 17.1. The summed E-state index contributed by atoms with van der Waals surface area (Å²) >= 11 is 0. The molecule has 0 saturated heterocycles. The molecule has 3 atom stereocenters. The van der Waals surface area contributed by atoms with Gasteiger partial charge < -0.3 is 13.9 Å². The van der Waals surface area contributed by atoms with Crippen molar-refractivity contribution < 1.29 is 4.74 Å². The molecule has 6 heteroatoms. The van der Waals surface area contributed by atoms with E-state index in [4.69, 9.17) is 4.74 Å². The van der Waals surface area contributed by atoms with Crippen molar-refractivity contribution >= 4 is 68.0 Å². The molecule has 0 amide bonds. The summed E-state index contributed by atoms with van der Waals surface area (Å²) in [5, 5.41) is 29.0. The first kappa shape index (κ1) is 36.7. The molecule has 2 aromatic heterocycles. The number of hydrogen-bond donors (Lipinski definition) is 0. The van der Waals surface area contributed by atoms with Crippen LogP contribution >= 0.6 is 0 Å². The van der Waals surface area contributed by atoms with E-state index >= 15 is 0 Å². The Bertz CT molecular complexity index is 3500. The molecule has 9 aromatic rings. The molecule has 7 aromatic carbocycles. The minimum atomic E-state index is -3.15. The minimum Gasteiger partial charge on any atom is -0.482 e. The molecule has 3 heterocycles. The lowest BCUT2D eigenvalue weighted by atomic mass is 9.93. The number of fused-ring (bicyclic) bond motifs is 10. The fourth-order valence-electron chi connectivity index (χ4n) is 10.5. The van der Waals surface area contributed by atoms with E-state index in [1.807, 2.05) is 24.3 Å². The van der Waals surface area contributed by atoms with Crippen LogP contribution < -0.4 is 20.3 Å². The first-order valence-corrected chi connectivity index (χ1v) is 23.4. The van der Waals surface area contributed by atoms with E-state index in [1.54, 1.807) is 0 Å². The maximum atomic E-state index is 10.4. The third kappa shape index (κ3) is 5.59. The van der Waals surface area contributed by atoms with Crippen LogP contribution in [0.5, 0.6) is 5.75 Å². The van der Waals surface area contributed by atoms with Gasteiger partial charge >= 0.3 is 0 Å². The fourth-order valence-corrected chi connectivity index (χ4v) is 15.6. The molecule has 3 aliphatic rings. The molecule has 5 nitrogen and oxygen atoms in total. The molecule has 0 N–H and O–H groups in total.